The number of hydrogen-bond acceptors (Lipinski definition) is 4. The summed E-state index contributed by atoms with van der Waals surface area (Å²) in [7, 11) is 0. The van der Waals surface area contributed by atoms with E-state index < -0.39 is 5.97 Å². The van der Waals surface area contributed by atoms with Gasteiger partial charge in [-0.1, -0.05) is 30.3 Å². The fraction of sp³-hybridized carbons (Fsp3) is 0.111. The average Bonchev–Trinajstić information content (AvgIpc) is 3.11. The number of benzene rings is 2. The molecule has 0 saturated carbocycles. The van der Waals surface area contributed by atoms with Crippen molar-refractivity contribution in [3.8, 4) is 17.0 Å². The van der Waals surface area contributed by atoms with Crippen molar-refractivity contribution in [2.24, 2.45) is 0 Å². The van der Waals surface area contributed by atoms with Gasteiger partial charge in [-0.2, -0.15) is 5.10 Å². The third-order valence-electron chi connectivity index (χ3n) is 3.32. The third-order valence-corrected chi connectivity index (χ3v) is 3.32. The number of carbonyl (C=O) groups excluding carboxylic acids is 1. The van der Waals surface area contributed by atoms with Crippen LogP contribution in [0.1, 0.15) is 10.4 Å². The molecule has 6 heteroatoms. The lowest BCUT2D eigenvalue weighted by Crippen LogP contribution is -2.12. The maximum Gasteiger partial charge on any atom is 0.342 e. The van der Waals surface area contributed by atoms with Crippen LogP contribution in [-0.2, 0) is 4.74 Å². The molecule has 3 rings (SSSR count). The zero-order chi connectivity index (χ0) is 16.8. The first-order valence-electron chi connectivity index (χ1n) is 7.38. The summed E-state index contributed by atoms with van der Waals surface area (Å²) in [6.45, 7) is 0.255. The topological polar surface area (TPSA) is 64.2 Å². The van der Waals surface area contributed by atoms with Crippen LogP contribution >= 0.6 is 0 Å². The van der Waals surface area contributed by atoms with Gasteiger partial charge in [0.25, 0.3) is 0 Å². The molecule has 0 aliphatic rings. The molecule has 0 aliphatic heterocycles. The lowest BCUT2D eigenvalue weighted by Gasteiger charge is -2.07. The van der Waals surface area contributed by atoms with Crippen molar-refractivity contribution in [2.75, 3.05) is 13.2 Å². The first kappa shape index (κ1) is 15.7. The maximum absolute atomic E-state index is 12.8. The minimum absolute atomic E-state index is 0.0790. The lowest BCUT2D eigenvalue weighted by atomic mass is 10.1. The van der Waals surface area contributed by atoms with Crippen molar-refractivity contribution in [1.82, 2.24) is 10.2 Å². The van der Waals surface area contributed by atoms with E-state index in [0.29, 0.717) is 17.0 Å². The molecule has 24 heavy (non-hydrogen) atoms. The summed E-state index contributed by atoms with van der Waals surface area (Å²) in [6.07, 6.45) is 1.44. The van der Waals surface area contributed by atoms with E-state index in [9.17, 15) is 9.18 Å². The van der Waals surface area contributed by atoms with Gasteiger partial charge in [0.2, 0.25) is 0 Å². The number of nitrogens with one attached hydrogen (secondary N) is 1. The highest BCUT2D eigenvalue weighted by Crippen LogP contribution is 2.21. The van der Waals surface area contributed by atoms with Gasteiger partial charge < -0.3 is 9.47 Å². The van der Waals surface area contributed by atoms with E-state index in [4.69, 9.17) is 9.47 Å². The molecule has 1 N–H and O–H groups in total. The largest absolute Gasteiger partial charge is 0.490 e. The van der Waals surface area contributed by atoms with Crippen LogP contribution < -0.4 is 4.74 Å². The predicted octanol–water partition coefficient (Wildman–Crippen LogP) is 3.45. The molecule has 0 aliphatic carbocycles. The van der Waals surface area contributed by atoms with Crippen molar-refractivity contribution in [3.63, 3.8) is 0 Å². The van der Waals surface area contributed by atoms with E-state index in [1.54, 1.807) is 0 Å². The number of halogens is 1. The van der Waals surface area contributed by atoms with Gasteiger partial charge in [-0.05, 0) is 24.3 Å². The summed E-state index contributed by atoms with van der Waals surface area (Å²) < 4.78 is 23.4. The van der Waals surface area contributed by atoms with E-state index in [1.165, 1.54) is 30.5 Å². The average molecular weight is 326 g/mol. The van der Waals surface area contributed by atoms with Crippen LogP contribution in [0.25, 0.3) is 11.3 Å². The number of ether oxygens (including phenoxy) is 2. The van der Waals surface area contributed by atoms with Crippen LogP contribution in [0.5, 0.6) is 5.75 Å². The molecule has 0 amide bonds. The fourth-order valence-electron chi connectivity index (χ4n) is 2.17. The van der Waals surface area contributed by atoms with Gasteiger partial charge in [-0.15, -0.1) is 0 Å². The number of esters is 1. The summed E-state index contributed by atoms with van der Waals surface area (Å²) in [6, 6.07) is 15.0. The van der Waals surface area contributed by atoms with Crippen LogP contribution in [-0.4, -0.2) is 29.4 Å². The second kappa shape index (κ2) is 7.41. The van der Waals surface area contributed by atoms with Gasteiger partial charge in [-0.25, -0.2) is 9.18 Å². The molecule has 1 heterocycles. The number of H-pyrrole nitrogens is 1. The number of hydrogen-bond donors (Lipinski definition) is 1. The first-order valence-corrected chi connectivity index (χ1v) is 7.38. The van der Waals surface area contributed by atoms with Crippen molar-refractivity contribution < 1.29 is 18.7 Å². The van der Waals surface area contributed by atoms with Crippen LogP contribution in [0, 0.1) is 5.82 Å². The highest BCUT2D eigenvalue weighted by Gasteiger charge is 2.16. The Morgan fingerprint density at radius 1 is 1.04 bits per heavy atom. The smallest absolute Gasteiger partial charge is 0.342 e. The Hall–Kier alpha value is -3.15. The van der Waals surface area contributed by atoms with Crippen LogP contribution in [0.3, 0.4) is 0 Å². The van der Waals surface area contributed by atoms with E-state index >= 15 is 0 Å². The molecule has 0 saturated heterocycles. The van der Waals surface area contributed by atoms with Crippen molar-refractivity contribution in [3.05, 3.63) is 72.2 Å². The highest BCUT2D eigenvalue weighted by molar-refractivity contribution is 5.95. The Labute approximate surface area is 138 Å². The summed E-state index contributed by atoms with van der Waals surface area (Å²) >= 11 is 0. The van der Waals surface area contributed by atoms with Crippen molar-refractivity contribution in [2.45, 2.75) is 0 Å². The van der Waals surface area contributed by atoms with Crippen LogP contribution in [0.2, 0.25) is 0 Å². The Kier molecular flexibility index (Phi) is 4.86. The summed E-state index contributed by atoms with van der Waals surface area (Å²) in [5.74, 6) is -0.298. The van der Waals surface area contributed by atoms with Crippen LogP contribution in [0.4, 0.5) is 4.39 Å². The van der Waals surface area contributed by atoms with Gasteiger partial charge in [0.15, 0.2) is 0 Å². The fourth-order valence-corrected chi connectivity index (χ4v) is 2.17. The zero-order valence-corrected chi connectivity index (χ0v) is 12.7. The minimum Gasteiger partial charge on any atom is -0.490 e. The Morgan fingerprint density at radius 2 is 1.79 bits per heavy atom. The summed E-state index contributed by atoms with van der Waals surface area (Å²) in [5, 5.41) is 6.72. The van der Waals surface area contributed by atoms with Gasteiger partial charge in [0, 0.05) is 5.56 Å². The lowest BCUT2D eigenvalue weighted by molar-refractivity contribution is 0.0451. The molecule has 0 radical (unpaired) electrons. The quantitative estimate of drug-likeness (QED) is 0.556. The van der Waals surface area contributed by atoms with Crippen molar-refractivity contribution in [1.29, 1.82) is 0 Å². The van der Waals surface area contributed by atoms with E-state index in [1.807, 2.05) is 30.3 Å². The summed E-state index contributed by atoms with van der Waals surface area (Å²) in [4.78, 5) is 12.2. The number of nitrogens with zero attached hydrogens (tertiary/aromatic N) is 1. The molecule has 0 spiro atoms. The third kappa shape index (κ3) is 3.78. The second-order valence-electron chi connectivity index (χ2n) is 4.96. The Morgan fingerprint density at radius 3 is 2.54 bits per heavy atom. The molecule has 5 nitrogen and oxygen atoms in total. The molecule has 0 atom stereocenters. The standard InChI is InChI=1S/C18H15FN2O3/c19-14-6-8-15(9-7-14)23-10-11-24-18(22)16-12-20-21-17(16)13-4-2-1-3-5-13/h1-9,12H,10-11H2,(H,20,21). The molecule has 3 aromatic rings. The maximum atomic E-state index is 12.8. The van der Waals surface area contributed by atoms with E-state index in [-0.39, 0.29) is 19.0 Å². The van der Waals surface area contributed by atoms with Gasteiger partial charge in [0.1, 0.15) is 30.3 Å². The molecular formula is C18H15FN2O3. The molecule has 122 valence electrons. The van der Waals surface area contributed by atoms with Gasteiger partial charge >= 0.3 is 5.97 Å². The van der Waals surface area contributed by atoms with Gasteiger partial charge in [0.05, 0.1) is 11.9 Å². The van der Waals surface area contributed by atoms with Crippen molar-refractivity contribution >= 4 is 5.97 Å². The minimum atomic E-state index is -0.481. The number of aromatic amines is 1. The first-order chi connectivity index (χ1) is 11.7. The van der Waals surface area contributed by atoms with Crippen LogP contribution in [0.15, 0.2) is 60.8 Å². The zero-order valence-electron chi connectivity index (χ0n) is 12.7. The number of rotatable bonds is 6. The van der Waals surface area contributed by atoms with Gasteiger partial charge in [-0.3, -0.25) is 5.10 Å². The van der Waals surface area contributed by atoms with E-state index in [2.05, 4.69) is 10.2 Å². The number of aromatic nitrogens is 2. The normalized spacial score (nSPS) is 10.4. The molecule has 0 unspecified atom stereocenters. The predicted molar refractivity (Wildman–Crippen MR) is 86.2 cm³/mol. The van der Waals surface area contributed by atoms with E-state index in [0.717, 1.165) is 5.56 Å². The summed E-state index contributed by atoms with van der Waals surface area (Å²) in [5.41, 5.74) is 1.83. The molecular weight excluding hydrogens is 311 g/mol. The monoisotopic (exact) mass is 326 g/mol. The second-order valence-corrected chi connectivity index (χ2v) is 4.96. The number of carbonyl (C=O) groups is 1. The molecule has 0 fully saturated rings. The Bertz CT molecular complexity index is 801. The molecule has 1 aromatic heterocycles. The molecule has 0 bridgehead atoms. The SMILES string of the molecule is O=C(OCCOc1ccc(F)cc1)c1cn[nH]c1-c1ccccc1. The highest BCUT2D eigenvalue weighted by atomic mass is 19.1. The Balaban J connectivity index is 1.54. The molecule has 2 aromatic carbocycles.